The second kappa shape index (κ2) is 5.35. The Balaban J connectivity index is 1.84. The molecule has 0 aliphatic carbocycles. The van der Waals surface area contributed by atoms with E-state index in [0.717, 1.165) is 17.8 Å². The lowest BCUT2D eigenvalue weighted by Crippen LogP contribution is -2.50. The van der Waals surface area contributed by atoms with Gasteiger partial charge in [0.25, 0.3) is 0 Å². The lowest BCUT2D eigenvalue weighted by molar-refractivity contribution is 0.197. The van der Waals surface area contributed by atoms with Crippen molar-refractivity contribution in [1.29, 1.82) is 0 Å². The first kappa shape index (κ1) is 14.4. The van der Waals surface area contributed by atoms with Crippen LogP contribution in [0.25, 0.3) is 5.70 Å². The van der Waals surface area contributed by atoms with Crippen molar-refractivity contribution in [2.45, 2.75) is 19.4 Å². The highest BCUT2D eigenvalue weighted by Gasteiger charge is 2.41. The monoisotopic (exact) mass is 307 g/mol. The van der Waals surface area contributed by atoms with Crippen LogP contribution in [0.1, 0.15) is 17.5 Å². The molecule has 0 saturated carbocycles. The smallest absolute Gasteiger partial charge is 0.214 e. The molecule has 0 bridgehead atoms. The van der Waals surface area contributed by atoms with Gasteiger partial charge in [-0.1, -0.05) is 24.3 Å². The zero-order valence-corrected chi connectivity index (χ0v) is 13.0. The average molecular weight is 307 g/mol. The van der Waals surface area contributed by atoms with Crippen molar-refractivity contribution in [1.82, 2.24) is 9.21 Å². The summed E-state index contributed by atoms with van der Waals surface area (Å²) in [6.45, 7) is 4.02. The van der Waals surface area contributed by atoms with E-state index in [1.807, 2.05) is 12.1 Å². The lowest BCUT2D eigenvalue weighted by Gasteiger charge is -2.39. The van der Waals surface area contributed by atoms with Gasteiger partial charge in [-0.05, 0) is 18.9 Å². The van der Waals surface area contributed by atoms with E-state index in [1.54, 1.807) is 10.5 Å². The minimum absolute atomic E-state index is 0.0859. The van der Waals surface area contributed by atoms with Crippen molar-refractivity contribution in [3.63, 3.8) is 0 Å². The van der Waals surface area contributed by atoms with Crippen LogP contribution in [0.5, 0.6) is 0 Å². The third-order valence-electron chi connectivity index (χ3n) is 4.41. The summed E-state index contributed by atoms with van der Waals surface area (Å²) in [5.74, 6) is 0.275. The largest absolute Gasteiger partial charge is 0.403 e. The van der Waals surface area contributed by atoms with E-state index in [1.165, 1.54) is 5.56 Å². The van der Waals surface area contributed by atoms with Crippen LogP contribution in [-0.2, 0) is 10.0 Å². The molecule has 0 aromatic heterocycles. The SMILES string of the molecule is Cc1ccccc1/C(=C\N)N1CCN2C(CCS2(=O)=O)C1. The summed E-state index contributed by atoms with van der Waals surface area (Å²) in [5, 5.41) is 0. The Morgan fingerprint density at radius 1 is 1.33 bits per heavy atom. The zero-order valence-electron chi connectivity index (χ0n) is 12.2. The Kier molecular flexibility index (Phi) is 3.67. The van der Waals surface area contributed by atoms with Crippen molar-refractivity contribution >= 4 is 15.7 Å². The highest BCUT2D eigenvalue weighted by atomic mass is 32.2. The molecule has 3 rings (SSSR count). The van der Waals surface area contributed by atoms with Gasteiger partial charge in [0.2, 0.25) is 10.0 Å². The van der Waals surface area contributed by atoms with Crippen LogP contribution in [0.15, 0.2) is 30.5 Å². The van der Waals surface area contributed by atoms with E-state index in [-0.39, 0.29) is 11.8 Å². The number of nitrogens with two attached hydrogens (primary N) is 1. The molecule has 2 heterocycles. The molecular formula is C15H21N3O2S. The van der Waals surface area contributed by atoms with Crippen LogP contribution in [0.3, 0.4) is 0 Å². The highest BCUT2D eigenvalue weighted by molar-refractivity contribution is 7.89. The Morgan fingerprint density at radius 3 is 2.81 bits per heavy atom. The first-order valence-electron chi connectivity index (χ1n) is 7.25. The van der Waals surface area contributed by atoms with Gasteiger partial charge in [-0.2, -0.15) is 4.31 Å². The van der Waals surface area contributed by atoms with Gasteiger partial charge in [0, 0.05) is 37.4 Å². The first-order valence-corrected chi connectivity index (χ1v) is 8.86. The van der Waals surface area contributed by atoms with Crippen LogP contribution >= 0.6 is 0 Å². The summed E-state index contributed by atoms with van der Waals surface area (Å²) in [5.41, 5.74) is 9.15. The fourth-order valence-corrected chi connectivity index (χ4v) is 5.08. The number of rotatable bonds is 2. The summed E-state index contributed by atoms with van der Waals surface area (Å²) in [4.78, 5) is 2.21. The average Bonchev–Trinajstić information content (AvgIpc) is 2.77. The first-order chi connectivity index (χ1) is 10.0. The predicted molar refractivity (Wildman–Crippen MR) is 83.8 cm³/mol. The van der Waals surface area contributed by atoms with Gasteiger partial charge in [-0.3, -0.25) is 0 Å². The van der Waals surface area contributed by atoms with Gasteiger partial charge in [-0.15, -0.1) is 0 Å². The number of hydrogen-bond donors (Lipinski definition) is 1. The fraction of sp³-hybridized carbons (Fsp3) is 0.467. The van der Waals surface area contributed by atoms with Crippen molar-refractivity contribution in [2.75, 3.05) is 25.4 Å². The van der Waals surface area contributed by atoms with Crippen molar-refractivity contribution in [3.8, 4) is 0 Å². The number of nitrogens with zero attached hydrogens (tertiary/aromatic N) is 2. The highest BCUT2D eigenvalue weighted by Crippen LogP contribution is 2.30. The van der Waals surface area contributed by atoms with E-state index < -0.39 is 10.0 Å². The van der Waals surface area contributed by atoms with E-state index in [9.17, 15) is 8.42 Å². The van der Waals surface area contributed by atoms with Gasteiger partial charge in [0.1, 0.15) is 0 Å². The van der Waals surface area contributed by atoms with E-state index in [2.05, 4.69) is 24.0 Å². The minimum atomic E-state index is -3.02. The molecule has 1 aromatic carbocycles. The van der Waals surface area contributed by atoms with Crippen LogP contribution in [-0.4, -0.2) is 49.1 Å². The third kappa shape index (κ3) is 2.53. The third-order valence-corrected chi connectivity index (χ3v) is 6.36. The Labute approximate surface area is 126 Å². The number of benzene rings is 1. The maximum Gasteiger partial charge on any atom is 0.214 e. The zero-order chi connectivity index (χ0) is 15.0. The number of hydrogen-bond acceptors (Lipinski definition) is 4. The molecule has 1 unspecified atom stereocenters. The number of aryl methyl sites for hydroxylation is 1. The topological polar surface area (TPSA) is 66.6 Å². The molecule has 21 heavy (non-hydrogen) atoms. The van der Waals surface area contributed by atoms with Gasteiger partial charge in [0.15, 0.2) is 0 Å². The number of fused-ring (bicyclic) bond motifs is 1. The van der Waals surface area contributed by atoms with Crippen LogP contribution < -0.4 is 5.73 Å². The Bertz CT molecular complexity index is 669. The molecule has 6 heteroatoms. The summed E-state index contributed by atoms with van der Waals surface area (Å²) in [6.07, 6.45) is 2.35. The molecule has 2 fully saturated rings. The molecule has 0 spiro atoms. The molecular weight excluding hydrogens is 286 g/mol. The minimum Gasteiger partial charge on any atom is -0.403 e. The van der Waals surface area contributed by atoms with Crippen LogP contribution in [0.4, 0.5) is 0 Å². The van der Waals surface area contributed by atoms with Crippen molar-refractivity contribution in [3.05, 3.63) is 41.6 Å². The van der Waals surface area contributed by atoms with Crippen molar-refractivity contribution in [2.24, 2.45) is 5.73 Å². The normalized spacial score (nSPS) is 25.9. The van der Waals surface area contributed by atoms with E-state index in [0.29, 0.717) is 19.5 Å². The molecule has 1 atom stereocenters. The summed E-state index contributed by atoms with van der Waals surface area (Å²) in [7, 11) is -3.02. The standard InChI is InChI=1S/C15H21N3O2S/c1-12-4-2-3-5-14(12)15(10-16)17-7-8-18-13(11-17)6-9-21(18,19)20/h2-5,10,13H,6-9,11,16H2,1H3/b15-10+. The van der Waals surface area contributed by atoms with Crippen LogP contribution in [0.2, 0.25) is 0 Å². The van der Waals surface area contributed by atoms with E-state index >= 15 is 0 Å². The summed E-state index contributed by atoms with van der Waals surface area (Å²) >= 11 is 0. The number of piperazine rings is 1. The maximum absolute atomic E-state index is 11.9. The molecule has 0 amide bonds. The molecule has 2 N–H and O–H groups in total. The second-order valence-electron chi connectivity index (χ2n) is 5.68. The number of sulfonamides is 1. The van der Waals surface area contributed by atoms with Gasteiger partial charge in [0.05, 0.1) is 11.4 Å². The Hall–Kier alpha value is -1.53. The molecule has 2 aliphatic heterocycles. The van der Waals surface area contributed by atoms with Gasteiger partial charge >= 0.3 is 0 Å². The molecule has 1 aromatic rings. The molecule has 2 aliphatic rings. The van der Waals surface area contributed by atoms with Gasteiger partial charge < -0.3 is 10.6 Å². The Morgan fingerprint density at radius 2 is 2.10 bits per heavy atom. The summed E-state index contributed by atoms with van der Waals surface area (Å²) < 4.78 is 25.5. The van der Waals surface area contributed by atoms with Gasteiger partial charge in [-0.25, -0.2) is 8.42 Å². The predicted octanol–water partition coefficient (Wildman–Crippen LogP) is 0.972. The van der Waals surface area contributed by atoms with Crippen molar-refractivity contribution < 1.29 is 8.42 Å². The lowest BCUT2D eigenvalue weighted by atomic mass is 10.0. The molecule has 2 saturated heterocycles. The van der Waals surface area contributed by atoms with Crippen LogP contribution in [0, 0.1) is 6.92 Å². The molecule has 0 radical (unpaired) electrons. The second-order valence-corrected chi connectivity index (χ2v) is 7.72. The van der Waals surface area contributed by atoms with E-state index in [4.69, 9.17) is 5.73 Å². The fourth-order valence-electron chi connectivity index (χ4n) is 3.29. The summed E-state index contributed by atoms with van der Waals surface area (Å²) in [6, 6.07) is 8.22. The maximum atomic E-state index is 11.9. The molecule has 5 nitrogen and oxygen atoms in total. The molecule has 114 valence electrons. The quantitative estimate of drug-likeness (QED) is 0.884.